The molecule has 0 radical (unpaired) electrons. The first-order valence-electron chi connectivity index (χ1n) is 19.0. The Bertz CT molecular complexity index is 1490. The maximum atomic E-state index is 12.9. The third-order valence-electron chi connectivity index (χ3n) is 9.66. The first kappa shape index (κ1) is 46.5. The van der Waals surface area contributed by atoms with E-state index in [-0.39, 0.29) is 76.2 Å². The molecule has 316 valence electrons. The summed E-state index contributed by atoms with van der Waals surface area (Å²) in [5.74, 6) is -5.30. The third kappa shape index (κ3) is 17.4. The Morgan fingerprint density at radius 2 is 1.19 bits per heavy atom. The fourth-order valence-corrected chi connectivity index (χ4v) is 6.56. The van der Waals surface area contributed by atoms with Crippen LogP contribution in [-0.2, 0) is 28.8 Å². The summed E-state index contributed by atoms with van der Waals surface area (Å²) in [6.07, 6.45) is 2.24. The molecule has 2 fully saturated rings. The summed E-state index contributed by atoms with van der Waals surface area (Å²) in [7, 11) is -1.65. The van der Waals surface area contributed by atoms with Crippen molar-refractivity contribution in [2.24, 2.45) is 0 Å². The Kier molecular flexibility index (Phi) is 19.6. The van der Waals surface area contributed by atoms with Gasteiger partial charge in [-0.1, -0.05) is 0 Å². The van der Waals surface area contributed by atoms with Crippen LogP contribution in [0, 0.1) is 0 Å². The zero-order valence-corrected chi connectivity index (χ0v) is 32.3. The molecule has 1 aromatic carbocycles. The van der Waals surface area contributed by atoms with Gasteiger partial charge in [0.25, 0.3) is 5.91 Å². The summed E-state index contributed by atoms with van der Waals surface area (Å²) in [6.45, 7) is 3.75. The SMILES string of the molecule is C[C@@H](NC(=O)c1ccc(NNC(=O)CCCCNC(=O)CN2CCN(CC(=O)O)CCN(CC(=O)O)CCN(CC(=O)O)CC2)cc1)C(=O)N1CCC[C@H]1B(O)O. The molecule has 21 nitrogen and oxygen atoms in total. The monoisotopic (exact) mass is 805 g/mol. The van der Waals surface area contributed by atoms with E-state index in [9.17, 15) is 58.9 Å². The number of unbranched alkanes of at least 4 members (excludes halogenated alkanes) is 1. The predicted molar refractivity (Wildman–Crippen MR) is 206 cm³/mol. The summed E-state index contributed by atoms with van der Waals surface area (Å²) in [6, 6.07) is 5.33. The molecule has 0 aromatic heterocycles. The average molecular weight is 806 g/mol. The maximum Gasteiger partial charge on any atom is 0.475 e. The van der Waals surface area contributed by atoms with Gasteiger partial charge in [-0.2, -0.15) is 0 Å². The van der Waals surface area contributed by atoms with Crippen LogP contribution < -0.4 is 21.5 Å². The van der Waals surface area contributed by atoms with Gasteiger partial charge in [-0.3, -0.25) is 64.0 Å². The van der Waals surface area contributed by atoms with Gasteiger partial charge in [-0.25, -0.2) is 0 Å². The molecule has 22 heteroatoms. The lowest BCUT2D eigenvalue weighted by Gasteiger charge is -2.32. The van der Waals surface area contributed by atoms with Gasteiger partial charge < -0.3 is 40.9 Å². The Labute approximate surface area is 331 Å². The van der Waals surface area contributed by atoms with E-state index in [0.29, 0.717) is 70.6 Å². The topological polar surface area (TPSA) is 285 Å². The van der Waals surface area contributed by atoms with E-state index < -0.39 is 48.8 Å². The van der Waals surface area contributed by atoms with E-state index in [2.05, 4.69) is 21.5 Å². The van der Waals surface area contributed by atoms with Gasteiger partial charge in [0.05, 0.1) is 37.8 Å². The van der Waals surface area contributed by atoms with Crippen LogP contribution in [-0.4, -0.2) is 202 Å². The van der Waals surface area contributed by atoms with Gasteiger partial charge in [0.15, 0.2) is 0 Å². The fourth-order valence-electron chi connectivity index (χ4n) is 6.56. The molecule has 1 aromatic rings. The Hall–Kier alpha value is -4.87. The highest BCUT2D eigenvalue weighted by atomic mass is 16.4. The number of hydrogen-bond acceptors (Lipinski definition) is 14. The molecule has 0 bridgehead atoms. The predicted octanol–water partition coefficient (Wildman–Crippen LogP) is -2.99. The number of rotatable bonds is 19. The second-order valence-corrected chi connectivity index (χ2v) is 14.2. The van der Waals surface area contributed by atoms with Gasteiger partial charge >= 0.3 is 25.0 Å². The largest absolute Gasteiger partial charge is 0.480 e. The summed E-state index contributed by atoms with van der Waals surface area (Å²) < 4.78 is 0. The van der Waals surface area contributed by atoms with Crippen LogP contribution in [0.2, 0.25) is 0 Å². The van der Waals surface area contributed by atoms with Crippen LogP contribution in [0.15, 0.2) is 24.3 Å². The lowest BCUT2D eigenvalue weighted by atomic mass is 9.78. The second-order valence-electron chi connectivity index (χ2n) is 14.2. The number of nitrogens with one attached hydrogen (secondary N) is 4. The van der Waals surface area contributed by atoms with Crippen LogP contribution in [0.25, 0.3) is 0 Å². The van der Waals surface area contributed by atoms with Crippen molar-refractivity contribution in [3.8, 4) is 0 Å². The number of carbonyl (C=O) groups excluding carboxylic acids is 4. The molecule has 4 amide bonds. The van der Waals surface area contributed by atoms with Crippen molar-refractivity contribution in [3.05, 3.63) is 29.8 Å². The molecular formula is C35H56BN9O12. The minimum atomic E-state index is -1.65. The molecule has 2 saturated heterocycles. The molecule has 2 heterocycles. The van der Waals surface area contributed by atoms with Crippen LogP contribution in [0.3, 0.4) is 0 Å². The smallest absolute Gasteiger partial charge is 0.475 e. The number of carboxylic acids is 3. The van der Waals surface area contributed by atoms with Crippen molar-refractivity contribution < 1.29 is 58.9 Å². The van der Waals surface area contributed by atoms with Gasteiger partial charge in [0, 0.05) is 77.4 Å². The molecule has 3 rings (SSSR count). The number of carbonyl (C=O) groups is 7. The van der Waals surface area contributed by atoms with Crippen LogP contribution in [0.4, 0.5) is 5.69 Å². The van der Waals surface area contributed by atoms with E-state index in [1.165, 1.54) is 24.0 Å². The normalized spacial score (nSPS) is 18.4. The van der Waals surface area contributed by atoms with Crippen molar-refractivity contribution in [3.63, 3.8) is 0 Å². The number of benzene rings is 1. The molecule has 2 aliphatic heterocycles. The molecule has 0 unspecified atom stereocenters. The first-order valence-corrected chi connectivity index (χ1v) is 19.0. The summed E-state index contributed by atoms with van der Waals surface area (Å²) in [5.41, 5.74) is 6.14. The molecule has 0 aliphatic carbocycles. The van der Waals surface area contributed by atoms with E-state index in [0.717, 1.165) is 0 Å². The Morgan fingerprint density at radius 1 is 0.702 bits per heavy atom. The Morgan fingerprint density at radius 3 is 1.67 bits per heavy atom. The third-order valence-corrected chi connectivity index (χ3v) is 9.66. The first-order chi connectivity index (χ1) is 27.1. The van der Waals surface area contributed by atoms with Gasteiger partial charge in [-0.15, -0.1) is 0 Å². The van der Waals surface area contributed by atoms with Crippen LogP contribution in [0.5, 0.6) is 0 Å². The molecule has 2 aliphatic rings. The minimum Gasteiger partial charge on any atom is -0.480 e. The van der Waals surface area contributed by atoms with Gasteiger partial charge in [0.2, 0.25) is 17.7 Å². The molecule has 0 saturated carbocycles. The zero-order valence-electron chi connectivity index (χ0n) is 32.3. The lowest BCUT2D eigenvalue weighted by Crippen LogP contribution is -2.52. The second kappa shape index (κ2) is 24.0. The maximum absolute atomic E-state index is 12.9. The van der Waals surface area contributed by atoms with Gasteiger partial charge in [-0.05, 0) is 56.9 Å². The quantitative estimate of drug-likeness (QED) is 0.0383. The Balaban J connectivity index is 1.39. The van der Waals surface area contributed by atoms with E-state index in [1.807, 2.05) is 4.90 Å². The number of amides is 4. The summed E-state index contributed by atoms with van der Waals surface area (Å²) in [4.78, 5) is 93.3. The molecule has 9 N–H and O–H groups in total. The molecule has 2 atom stereocenters. The van der Waals surface area contributed by atoms with Crippen molar-refractivity contribution in [2.75, 3.05) is 97.1 Å². The van der Waals surface area contributed by atoms with Crippen LogP contribution >= 0.6 is 0 Å². The number of aliphatic carboxylic acids is 3. The number of carboxylic acid groups (broad SMARTS) is 3. The van der Waals surface area contributed by atoms with Gasteiger partial charge in [0.1, 0.15) is 6.04 Å². The van der Waals surface area contributed by atoms with Crippen molar-refractivity contribution >= 4 is 54.3 Å². The van der Waals surface area contributed by atoms with Crippen molar-refractivity contribution in [1.82, 2.24) is 40.6 Å². The highest BCUT2D eigenvalue weighted by Gasteiger charge is 2.38. The number of anilines is 1. The molecule has 57 heavy (non-hydrogen) atoms. The highest BCUT2D eigenvalue weighted by Crippen LogP contribution is 2.19. The summed E-state index contributed by atoms with van der Waals surface area (Å²) in [5, 5.41) is 52.7. The highest BCUT2D eigenvalue weighted by molar-refractivity contribution is 6.43. The number of hydrazine groups is 1. The van der Waals surface area contributed by atoms with Crippen molar-refractivity contribution in [2.45, 2.75) is 51.0 Å². The van der Waals surface area contributed by atoms with E-state index in [1.54, 1.807) is 26.8 Å². The number of nitrogens with zero attached hydrogens (tertiary/aromatic N) is 5. The number of hydrogen-bond donors (Lipinski definition) is 9. The van der Waals surface area contributed by atoms with Crippen LogP contribution in [0.1, 0.15) is 49.4 Å². The zero-order chi connectivity index (χ0) is 41.9. The van der Waals surface area contributed by atoms with E-state index >= 15 is 0 Å². The van der Waals surface area contributed by atoms with Crippen molar-refractivity contribution in [1.29, 1.82) is 0 Å². The fraction of sp³-hybridized carbons (Fsp3) is 0.629. The standard InChI is InChI=1S/C35H56BN9O12/c1-25(35(55)45-12-4-5-28(45)36(56)57)38-34(54)26-7-9-27(10-8-26)39-40-29(46)6-2-3-11-37-30(47)21-41-13-15-42(22-31(48)49)17-19-44(24-33(52)53)20-18-43(16-14-41)23-32(50)51/h7-10,25,28,39,56-57H,2-6,11-24H2,1H3,(H,37,47)(H,38,54)(H,40,46)(H,48,49)(H,50,51)(H,52,53)/t25-,28+/m1/s1. The average Bonchev–Trinajstić information content (AvgIpc) is 3.65. The number of likely N-dealkylation sites (tertiary alicyclic amines) is 1. The lowest BCUT2D eigenvalue weighted by molar-refractivity contribution is -0.140. The molecule has 0 spiro atoms. The molecular weight excluding hydrogens is 749 g/mol. The summed E-state index contributed by atoms with van der Waals surface area (Å²) >= 11 is 0. The van der Waals surface area contributed by atoms with E-state index in [4.69, 9.17) is 0 Å². The minimum absolute atomic E-state index is 0.0103.